The molecule has 8 rings (SSSR count). The Kier molecular flexibility index (Phi) is 17.0. The van der Waals surface area contributed by atoms with Crippen LogP contribution in [-0.2, 0) is 69.1 Å². The molecule has 0 saturated carbocycles. The Morgan fingerprint density at radius 1 is 0.403 bits per heavy atom. The van der Waals surface area contributed by atoms with Crippen molar-refractivity contribution in [1.29, 1.82) is 0 Å². The summed E-state index contributed by atoms with van der Waals surface area (Å²) in [4.78, 5) is 27.6. The Labute approximate surface area is 389 Å². The number of hydrogen-bond acceptors (Lipinski definition) is 13. The summed E-state index contributed by atoms with van der Waals surface area (Å²) in [6.45, 7) is -0.443. The quantitative estimate of drug-likeness (QED) is 0.0741. The Morgan fingerprint density at radius 3 is 1.15 bits per heavy atom. The number of aliphatic hydroxyl groups excluding tert-OH is 2. The minimum absolute atomic E-state index is 0.0720. The molecule has 2 aliphatic rings. The lowest BCUT2D eigenvalue weighted by molar-refractivity contribution is -0.338. The largest absolute Gasteiger partial charge is 0.450 e. The van der Waals surface area contributed by atoms with Crippen LogP contribution in [0.4, 0.5) is 0 Å². The lowest BCUT2D eigenvalue weighted by atomic mass is 9.97. The minimum atomic E-state index is -1.71. The van der Waals surface area contributed by atoms with Gasteiger partial charge in [0.15, 0.2) is 24.8 Å². The molecule has 2 saturated heterocycles. The monoisotopic (exact) mass is 910 g/mol. The van der Waals surface area contributed by atoms with Crippen molar-refractivity contribution in [3.8, 4) is 0 Å². The van der Waals surface area contributed by atoms with Gasteiger partial charge in [-0.15, -0.1) is 0 Å². The zero-order valence-electron chi connectivity index (χ0n) is 36.7. The lowest BCUT2D eigenvalue weighted by Gasteiger charge is -2.46. The third-order valence-electron chi connectivity index (χ3n) is 11.5. The smallest absolute Gasteiger partial charge is 0.338 e. The van der Waals surface area contributed by atoms with Crippen LogP contribution in [0.1, 0.15) is 43.0 Å². The Hall–Kier alpha value is -6.10. The van der Waals surface area contributed by atoms with Crippen molar-refractivity contribution in [2.24, 2.45) is 0 Å². The number of carbonyl (C=O) groups excluding carboxylic acids is 2. The highest BCUT2D eigenvalue weighted by molar-refractivity contribution is 5.90. The van der Waals surface area contributed by atoms with Crippen molar-refractivity contribution in [3.05, 3.63) is 215 Å². The summed E-state index contributed by atoms with van der Waals surface area (Å²) in [6, 6.07) is 54.8. The van der Waals surface area contributed by atoms with Gasteiger partial charge in [-0.05, 0) is 46.5 Å². The lowest BCUT2D eigenvalue weighted by Crippen LogP contribution is -2.64. The molecule has 6 aromatic carbocycles. The predicted octanol–water partition coefficient (Wildman–Crippen LogP) is 7.23. The van der Waals surface area contributed by atoms with Crippen molar-refractivity contribution in [1.82, 2.24) is 0 Å². The molecule has 67 heavy (non-hydrogen) atoms. The van der Waals surface area contributed by atoms with Gasteiger partial charge < -0.3 is 52.8 Å². The molecule has 0 aromatic heterocycles. The van der Waals surface area contributed by atoms with E-state index in [4.69, 9.17) is 42.6 Å². The second kappa shape index (κ2) is 24.1. The molecule has 2 fully saturated rings. The van der Waals surface area contributed by atoms with E-state index < -0.39 is 80.0 Å². The van der Waals surface area contributed by atoms with E-state index in [1.54, 1.807) is 60.7 Å². The zero-order chi connectivity index (χ0) is 46.2. The summed E-state index contributed by atoms with van der Waals surface area (Å²) in [6.07, 6.45) is -12.0. The molecule has 348 valence electrons. The van der Waals surface area contributed by atoms with Crippen LogP contribution in [0.5, 0.6) is 0 Å². The fourth-order valence-corrected chi connectivity index (χ4v) is 8.01. The molecular weight excluding hydrogens is 857 g/mol. The molecule has 2 N–H and O–H groups in total. The topological polar surface area (TPSA) is 158 Å². The molecule has 6 aromatic rings. The molecule has 2 aliphatic heterocycles. The van der Waals surface area contributed by atoms with Crippen molar-refractivity contribution in [3.63, 3.8) is 0 Å². The predicted molar refractivity (Wildman–Crippen MR) is 244 cm³/mol. The SMILES string of the molecule is O=C(O[C@@H]1[C@@H](OC[C@H]2O[C@H](O)[C@@H](OC(=O)c3ccccc3)[C@@H](OCc3ccccc3)[C@@H]2OCc2ccccc2)O[C@H](CO)[C@@H](OCc2ccccc2)[C@@H]1OCc1ccccc1)c1ccccc1. The maximum atomic E-state index is 14.0. The first-order valence-electron chi connectivity index (χ1n) is 22.3. The van der Waals surface area contributed by atoms with Crippen LogP contribution in [0.25, 0.3) is 0 Å². The van der Waals surface area contributed by atoms with Crippen LogP contribution in [0.15, 0.2) is 182 Å². The van der Waals surface area contributed by atoms with Crippen molar-refractivity contribution >= 4 is 11.9 Å². The summed E-state index contributed by atoms with van der Waals surface area (Å²) in [5.74, 6) is -1.37. The first kappa shape index (κ1) is 47.4. The number of benzene rings is 6. The highest BCUT2D eigenvalue weighted by Gasteiger charge is 2.53. The first-order valence-corrected chi connectivity index (χ1v) is 22.3. The van der Waals surface area contributed by atoms with E-state index in [9.17, 15) is 19.8 Å². The molecule has 0 unspecified atom stereocenters. The van der Waals surface area contributed by atoms with Gasteiger partial charge in [-0.3, -0.25) is 0 Å². The summed E-state index contributed by atoms with van der Waals surface area (Å²) in [5, 5.41) is 22.7. The van der Waals surface area contributed by atoms with Gasteiger partial charge in [0, 0.05) is 0 Å². The van der Waals surface area contributed by atoms with E-state index in [1.165, 1.54) is 0 Å². The standard InChI is InChI=1S/C54H54O13/c55-31-43-45(59-32-37-19-7-1-8-20-37)48(62-35-40-25-13-4-14-26-40)50(67-52(57)42-29-17-6-18-30-42)54(65-43)63-36-44-46(60-33-38-21-9-2-10-22-38)47(61-34-39-23-11-3-12-24-39)49(53(58)64-44)66-51(56)41-27-15-5-16-28-41/h1-30,43-50,53-55,58H,31-36H2/t43-,44-,45-,46-,47+,48+,49+,50+,53+,54+/m1/s1. The molecule has 13 nitrogen and oxygen atoms in total. The molecular formula is C54H54O13. The maximum Gasteiger partial charge on any atom is 0.338 e. The molecule has 0 radical (unpaired) electrons. The van der Waals surface area contributed by atoms with Gasteiger partial charge in [0.05, 0.1) is 50.8 Å². The fraction of sp³-hybridized carbons (Fsp3) is 0.296. The van der Waals surface area contributed by atoms with E-state index >= 15 is 0 Å². The van der Waals surface area contributed by atoms with Crippen molar-refractivity contribution in [2.45, 2.75) is 87.8 Å². The first-order chi connectivity index (χ1) is 32.9. The minimum Gasteiger partial charge on any atom is -0.450 e. The third-order valence-corrected chi connectivity index (χ3v) is 11.5. The highest BCUT2D eigenvalue weighted by Crippen LogP contribution is 2.34. The van der Waals surface area contributed by atoms with Gasteiger partial charge in [0.2, 0.25) is 0 Å². The molecule has 0 amide bonds. The van der Waals surface area contributed by atoms with E-state index in [1.807, 2.05) is 121 Å². The van der Waals surface area contributed by atoms with E-state index in [-0.39, 0.29) is 44.2 Å². The zero-order valence-corrected chi connectivity index (χ0v) is 36.7. The second-order valence-corrected chi connectivity index (χ2v) is 16.1. The van der Waals surface area contributed by atoms with E-state index in [2.05, 4.69) is 0 Å². The van der Waals surface area contributed by atoms with Crippen LogP contribution in [0.2, 0.25) is 0 Å². The third kappa shape index (κ3) is 12.9. The molecule has 10 atom stereocenters. The van der Waals surface area contributed by atoms with Gasteiger partial charge >= 0.3 is 11.9 Å². The van der Waals surface area contributed by atoms with Crippen LogP contribution in [0.3, 0.4) is 0 Å². The van der Waals surface area contributed by atoms with E-state index in [0.717, 1.165) is 22.3 Å². The van der Waals surface area contributed by atoms with Crippen LogP contribution in [0, 0.1) is 0 Å². The van der Waals surface area contributed by atoms with Gasteiger partial charge in [-0.2, -0.15) is 0 Å². The molecule has 13 heteroatoms. The summed E-state index contributed by atoms with van der Waals surface area (Å²) >= 11 is 0. The Morgan fingerprint density at radius 2 is 0.746 bits per heavy atom. The number of carbonyl (C=O) groups is 2. The fourth-order valence-electron chi connectivity index (χ4n) is 8.01. The van der Waals surface area contributed by atoms with Crippen LogP contribution < -0.4 is 0 Å². The van der Waals surface area contributed by atoms with Gasteiger partial charge in [0.25, 0.3) is 0 Å². The molecule has 0 spiro atoms. The van der Waals surface area contributed by atoms with E-state index in [0.29, 0.717) is 0 Å². The average Bonchev–Trinajstić information content (AvgIpc) is 3.38. The maximum absolute atomic E-state index is 14.0. The molecule has 2 heterocycles. The number of rotatable bonds is 20. The van der Waals surface area contributed by atoms with Gasteiger partial charge in [-0.25, -0.2) is 9.59 Å². The summed E-state index contributed by atoms with van der Waals surface area (Å²) in [5.41, 5.74) is 3.91. The Balaban J connectivity index is 1.11. The molecule has 0 bridgehead atoms. The van der Waals surface area contributed by atoms with Crippen LogP contribution in [-0.4, -0.2) is 96.8 Å². The summed E-state index contributed by atoms with van der Waals surface area (Å²) in [7, 11) is 0. The Bertz CT molecular complexity index is 2380. The summed E-state index contributed by atoms with van der Waals surface area (Å²) < 4.78 is 58.0. The highest BCUT2D eigenvalue weighted by atomic mass is 16.7. The number of esters is 2. The van der Waals surface area contributed by atoms with Gasteiger partial charge in [-0.1, -0.05) is 158 Å². The molecule has 0 aliphatic carbocycles. The number of aliphatic hydroxyl groups is 2. The normalized spacial score (nSPS) is 24.9. The van der Waals surface area contributed by atoms with Crippen LogP contribution >= 0.6 is 0 Å². The average molecular weight is 911 g/mol. The van der Waals surface area contributed by atoms with Gasteiger partial charge in [0.1, 0.15) is 36.6 Å². The number of ether oxygens (including phenoxy) is 9. The van der Waals surface area contributed by atoms with Crippen molar-refractivity contribution < 1.29 is 62.4 Å². The second-order valence-electron chi connectivity index (χ2n) is 16.1. The number of hydrogen-bond donors (Lipinski definition) is 2. The van der Waals surface area contributed by atoms with Crippen molar-refractivity contribution in [2.75, 3.05) is 13.2 Å².